The van der Waals surface area contributed by atoms with Crippen molar-refractivity contribution >= 4 is 40.0 Å². The first-order valence-electron chi connectivity index (χ1n) is 7.33. The van der Waals surface area contributed by atoms with Crippen molar-refractivity contribution in [2.45, 2.75) is 0 Å². The van der Waals surface area contributed by atoms with Crippen LogP contribution < -0.4 is 5.32 Å². The van der Waals surface area contributed by atoms with Crippen molar-refractivity contribution in [3.8, 4) is 11.3 Å². The van der Waals surface area contributed by atoms with Crippen molar-refractivity contribution < 1.29 is 0 Å². The van der Waals surface area contributed by atoms with Gasteiger partial charge in [-0.15, -0.1) is 5.10 Å². The Morgan fingerprint density at radius 2 is 1.92 bits per heavy atom. The van der Waals surface area contributed by atoms with Gasteiger partial charge in [-0.1, -0.05) is 0 Å². The molecule has 0 fully saturated rings. The molecule has 4 heterocycles. The molecule has 0 aliphatic heterocycles. The summed E-state index contributed by atoms with van der Waals surface area (Å²) in [5.74, 6) is 0.466. The lowest BCUT2D eigenvalue weighted by molar-refractivity contribution is 0.951. The van der Waals surface area contributed by atoms with Crippen molar-refractivity contribution in [1.29, 1.82) is 0 Å². The summed E-state index contributed by atoms with van der Waals surface area (Å²) in [5.41, 5.74) is 4.62. The minimum absolute atomic E-state index is 0.466. The predicted molar refractivity (Wildman–Crippen MR) is 92.5 cm³/mol. The molecule has 0 unspecified atom stereocenters. The fraction of sp³-hybridized carbons (Fsp3) is 0. The number of fused-ring (bicyclic) bond motifs is 2. The van der Waals surface area contributed by atoms with Crippen LogP contribution in [0.1, 0.15) is 0 Å². The summed E-state index contributed by atoms with van der Waals surface area (Å²) in [6.07, 6.45) is 8.28. The minimum Gasteiger partial charge on any atom is -0.323 e. The van der Waals surface area contributed by atoms with Gasteiger partial charge in [0.25, 0.3) is 0 Å². The van der Waals surface area contributed by atoms with Crippen molar-refractivity contribution in [3.63, 3.8) is 0 Å². The average Bonchev–Trinajstić information content (AvgIpc) is 3.27. The van der Waals surface area contributed by atoms with E-state index in [9.17, 15) is 0 Å². The van der Waals surface area contributed by atoms with Gasteiger partial charge in [0.15, 0.2) is 5.65 Å². The highest BCUT2D eigenvalue weighted by atomic mass is 32.1. The Morgan fingerprint density at radius 1 is 1.04 bits per heavy atom. The SMILES string of the molecule is c1ncc(-c2nccn3nc(Nc4ccc5nsnc5c4)nc23)cn1. The van der Waals surface area contributed by atoms with Gasteiger partial charge in [0.2, 0.25) is 5.95 Å². The Bertz CT molecular complexity index is 1180. The van der Waals surface area contributed by atoms with E-state index in [1.807, 2.05) is 18.2 Å². The van der Waals surface area contributed by atoms with Crippen LogP contribution in [0.4, 0.5) is 11.6 Å². The van der Waals surface area contributed by atoms with Gasteiger partial charge in [-0.25, -0.2) is 14.5 Å². The second kappa shape index (κ2) is 5.53. The lowest BCUT2D eigenvalue weighted by Gasteiger charge is -2.00. The fourth-order valence-corrected chi connectivity index (χ4v) is 3.00. The summed E-state index contributed by atoms with van der Waals surface area (Å²) in [6, 6.07) is 5.74. The molecule has 0 aliphatic carbocycles. The van der Waals surface area contributed by atoms with E-state index in [0.29, 0.717) is 17.3 Å². The van der Waals surface area contributed by atoms with E-state index in [1.54, 1.807) is 29.3 Å². The standard InChI is InChI=1S/C15H9N9S/c1-2-11-12(23-25-22-11)5-10(1)19-15-20-14-13(9-6-16-8-17-7-9)18-3-4-24(14)21-15/h1-8H,(H,19,21). The normalized spacial score (nSPS) is 11.2. The van der Waals surface area contributed by atoms with E-state index in [2.05, 4.69) is 39.1 Å². The quantitative estimate of drug-likeness (QED) is 0.530. The van der Waals surface area contributed by atoms with Gasteiger partial charge in [0.05, 0.1) is 11.7 Å². The number of hydrogen-bond acceptors (Lipinski definition) is 9. The van der Waals surface area contributed by atoms with Crippen molar-refractivity contribution in [3.05, 3.63) is 49.3 Å². The monoisotopic (exact) mass is 347 g/mol. The highest BCUT2D eigenvalue weighted by Gasteiger charge is 2.12. The Labute approximate surface area is 144 Å². The highest BCUT2D eigenvalue weighted by Crippen LogP contribution is 2.23. The molecule has 0 amide bonds. The van der Waals surface area contributed by atoms with Crippen LogP contribution in [0.2, 0.25) is 0 Å². The first-order valence-corrected chi connectivity index (χ1v) is 8.06. The van der Waals surface area contributed by atoms with Crippen LogP contribution >= 0.6 is 11.7 Å². The number of anilines is 2. The summed E-state index contributed by atoms with van der Waals surface area (Å²) < 4.78 is 10.1. The number of benzene rings is 1. The summed E-state index contributed by atoms with van der Waals surface area (Å²) in [4.78, 5) is 17.0. The summed E-state index contributed by atoms with van der Waals surface area (Å²) in [6.45, 7) is 0. The number of nitrogens with zero attached hydrogens (tertiary/aromatic N) is 8. The van der Waals surface area contributed by atoms with Gasteiger partial charge in [-0.05, 0) is 18.2 Å². The summed E-state index contributed by atoms with van der Waals surface area (Å²) in [5, 5.41) is 7.63. The molecular weight excluding hydrogens is 338 g/mol. The third-order valence-corrected chi connectivity index (χ3v) is 4.16. The van der Waals surface area contributed by atoms with Crippen LogP contribution in [0, 0.1) is 0 Å². The van der Waals surface area contributed by atoms with E-state index >= 15 is 0 Å². The van der Waals surface area contributed by atoms with Crippen molar-refractivity contribution in [1.82, 2.24) is 38.3 Å². The number of nitrogens with one attached hydrogen (secondary N) is 1. The molecule has 0 spiro atoms. The van der Waals surface area contributed by atoms with E-state index in [4.69, 9.17) is 0 Å². The van der Waals surface area contributed by atoms with Crippen LogP contribution in [0.3, 0.4) is 0 Å². The number of rotatable bonds is 3. The zero-order valence-electron chi connectivity index (χ0n) is 12.6. The van der Waals surface area contributed by atoms with Gasteiger partial charge >= 0.3 is 0 Å². The Balaban J connectivity index is 1.56. The molecule has 0 atom stereocenters. The molecule has 0 radical (unpaired) electrons. The lowest BCUT2D eigenvalue weighted by Crippen LogP contribution is -1.94. The lowest BCUT2D eigenvalue weighted by atomic mass is 10.2. The molecule has 25 heavy (non-hydrogen) atoms. The molecule has 10 heteroatoms. The maximum absolute atomic E-state index is 4.54. The van der Waals surface area contributed by atoms with Crippen LogP contribution in [0.5, 0.6) is 0 Å². The van der Waals surface area contributed by atoms with Crippen LogP contribution in [0.25, 0.3) is 27.9 Å². The fourth-order valence-electron chi connectivity index (χ4n) is 2.48. The zero-order valence-corrected chi connectivity index (χ0v) is 13.4. The summed E-state index contributed by atoms with van der Waals surface area (Å²) in [7, 11) is 0. The second-order valence-electron chi connectivity index (χ2n) is 5.20. The molecular formula is C15H9N9S. The molecule has 9 nitrogen and oxygen atoms in total. The molecule has 4 aromatic heterocycles. The van der Waals surface area contributed by atoms with Crippen LogP contribution in [-0.4, -0.2) is 38.3 Å². The van der Waals surface area contributed by atoms with Gasteiger partial charge < -0.3 is 5.32 Å². The predicted octanol–water partition coefficient (Wildman–Crippen LogP) is 2.33. The van der Waals surface area contributed by atoms with Gasteiger partial charge in [0.1, 0.15) is 23.1 Å². The van der Waals surface area contributed by atoms with Gasteiger partial charge in [-0.3, -0.25) is 4.98 Å². The molecule has 0 saturated carbocycles. The maximum atomic E-state index is 4.54. The average molecular weight is 347 g/mol. The number of hydrogen-bond donors (Lipinski definition) is 1. The first kappa shape index (κ1) is 13.9. The second-order valence-corrected chi connectivity index (χ2v) is 5.73. The third kappa shape index (κ3) is 2.44. The Hall–Kier alpha value is -3.53. The molecule has 0 saturated heterocycles. The topological polar surface area (TPSA) is 107 Å². The first-order chi connectivity index (χ1) is 12.4. The zero-order chi connectivity index (χ0) is 16.6. The Kier molecular flexibility index (Phi) is 3.07. The van der Waals surface area contributed by atoms with E-state index in [-0.39, 0.29) is 0 Å². The van der Waals surface area contributed by atoms with Gasteiger partial charge in [-0.2, -0.15) is 13.7 Å². The van der Waals surface area contributed by atoms with E-state index in [1.165, 1.54) is 18.1 Å². The molecule has 0 bridgehead atoms. The minimum atomic E-state index is 0.466. The van der Waals surface area contributed by atoms with Crippen molar-refractivity contribution in [2.24, 2.45) is 0 Å². The highest BCUT2D eigenvalue weighted by molar-refractivity contribution is 7.00. The van der Waals surface area contributed by atoms with Crippen molar-refractivity contribution in [2.75, 3.05) is 5.32 Å². The maximum Gasteiger partial charge on any atom is 0.247 e. The van der Waals surface area contributed by atoms with E-state index in [0.717, 1.165) is 22.3 Å². The Morgan fingerprint density at radius 3 is 2.84 bits per heavy atom. The third-order valence-electron chi connectivity index (χ3n) is 3.60. The molecule has 1 aromatic carbocycles. The number of aromatic nitrogens is 8. The van der Waals surface area contributed by atoms with Gasteiger partial charge in [0, 0.05) is 36.0 Å². The molecule has 120 valence electrons. The largest absolute Gasteiger partial charge is 0.323 e. The van der Waals surface area contributed by atoms with Crippen LogP contribution in [0.15, 0.2) is 49.3 Å². The van der Waals surface area contributed by atoms with E-state index < -0.39 is 0 Å². The van der Waals surface area contributed by atoms with Crippen LogP contribution in [-0.2, 0) is 0 Å². The molecule has 5 rings (SSSR count). The molecule has 5 aromatic rings. The smallest absolute Gasteiger partial charge is 0.247 e. The summed E-state index contributed by atoms with van der Waals surface area (Å²) >= 11 is 1.19. The molecule has 0 aliphatic rings. The molecule has 1 N–H and O–H groups in total.